The van der Waals surface area contributed by atoms with Crippen LogP contribution in [0.1, 0.15) is 48.4 Å². The minimum Gasteiger partial charge on any atom is -0.350 e. The summed E-state index contributed by atoms with van der Waals surface area (Å²) in [6, 6.07) is 12.7. The first-order chi connectivity index (χ1) is 15.2. The number of sulfonamides is 1. The number of piperidine rings is 1. The molecular weight excluding hydrogens is 422 g/mol. The van der Waals surface area contributed by atoms with Crippen LogP contribution in [0, 0.1) is 13.8 Å². The molecule has 32 heavy (non-hydrogen) atoms. The molecular formula is C25H35N3O3S. The first-order valence-corrected chi connectivity index (χ1v) is 13.1. The van der Waals surface area contributed by atoms with Crippen LogP contribution in [-0.4, -0.2) is 44.6 Å². The Balaban J connectivity index is 1.72. The lowest BCUT2D eigenvalue weighted by molar-refractivity contribution is -0.122. The van der Waals surface area contributed by atoms with Gasteiger partial charge in [0.15, 0.2) is 0 Å². The zero-order valence-corrected chi connectivity index (χ0v) is 20.4. The molecule has 3 rings (SSSR count). The fraction of sp³-hybridized carbons (Fsp3) is 0.480. The molecule has 0 saturated carbocycles. The van der Waals surface area contributed by atoms with Gasteiger partial charge in [0, 0.05) is 13.1 Å². The van der Waals surface area contributed by atoms with Crippen molar-refractivity contribution in [2.24, 2.45) is 0 Å². The topological polar surface area (TPSA) is 69.7 Å². The Morgan fingerprint density at radius 3 is 2.31 bits per heavy atom. The summed E-state index contributed by atoms with van der Waals surface area (Å²) in [6.45, 7) is 9.00. The van der Waals surface area contributed by atoms with Gasteiger partial charge >= 0.3 is 0 Å². The van der Waals surface area contributed by atoms with Crippen LogP contribution in [0.15, 0.2) is 42.5 Å². The molecule has 2 aromatic carbocycles. The average molecular weight is 458 g/mol. The van der Waals surface area contributed by atoms with Gasteiger partial charge in [-0.2, -0.15) is 0 Å². The number of hydrogen-bond donors (Lipinski definition) is 1. The van der Waals surface area contributed by atoms with Gasteiger partial charge in [0.05, 0.1) is 11.9 Å². The number of nitrogens with zero attached hydrogens (tertiary/aromatic N) is 2. The van der Waals surface area contributed by atoms with E-state index in [1.807, 2.05) is 44.2 Å². The standard InChI is InChI=1S/C25H35N3O3S/c1-19-12-13-24(16-20(19)2)28(32(4,30)31)21(3)25(29)26-17-22-10-6-7-11-23(22)18-27-14-8-5-9-15-27/h6-7,10-13,16,21H,5,8-9,14-15,17-18H2,1-4H3,(H,26,29). The van der Waals surface area contributed by atoms with E-state index in [1.54, 1.807) is 13.0 Å². The number of benzene rings is 2. The lowest BCUT2D eigenvalue weighted by Gasteiger charge is -2.29. The van der Waals surface area contributed by atoms with Crippen LogP contribution in [0.4, 0.5) is 5.69 Å². The Labute approximate surface area is 192 Å². The van der Waals surface area contributed by atoms with Gasteiger partial charge in [-0.15, -0.1) is 0 Å². The number of rotatable bonds is 8. The molecule has 0 bridgehead atoms. The molecule has 174 valence electrons. The molecule has 0 aliphatic carbocycles. The Morgan fingerprint density at radius 1 is 1.03 bits per heavy atom. The van der Waals surface area contributed by atoms with Gasteiger partial charge < -0.3 is 5.32 Å². The Bertz CT molecular complexity index is 1050. The van der Waals surface area contributed by atoms with E-state index in [0.717, 1.165) is 42.6 Å². The molecule has 0 radical (unpaired) electrons. The number of anilines is 1. The number of carbonyl (C=O) groups excluding carboxylic acids is 1. The normalized spacial score (nSPS) is 15.9. The fourth-order valence-corrected chi connectivity index (χ4v) is 5.41. The van der Waals surface area contributed by atoms with Gasteiger partial charge in [0.25, 0.3) is 0 Å². The lowest BCUT2D eigenvalue weighted by atomic mass is 10.0. The maximum Gasteiger partial charge on any atom is 0.243 e. The summed E-state index contributed by atoms with van der Waals surface area (Å²) in [7, 11) is -3.64. The summed E-state index contributed by atoms with van der Waals surface area (Å²) in [6.07, 6.45) is 4.90. The molecule has 1 heterocycles. The highest BCUT2D eigenvalue weighted by atomic mass is 32.2. The SMILES string of the molecule is Cc1ccc(N(C(C)C(=O)NCc2ccccc2CN2CCCCC2)S(C)(=O)=O)cc1C. The van der Waals surface area contributed by atoms with Crippen molar-refractivity contribution in [2.45, 2.75) is 59.2 Å². The zero-order chi connectivity index (χ0) is 23.3. The van der Waals surface area contributed by atoms with E-state index < -0.39 is 16.1 Å². The predicted octanol–water partition coefficient (Wildman–Crippen LogP) is 3.76. The van der Waals surface area contributed by atoms with E-state index in [-0.39, 0.29) is 5.91 Å². The predicted molar refractivity (Wildman–Crippen MR) is 130 cm³/mol. The van der Waals surface area contributed by atoms with Crippen LogP contribution < -0.4 is 9.62 Å². The van der Waals surface area contributed by atoms with Crippen molar-refractivity contribution in [1.82, 2.24) is 10.2 Å². The first kappa shape index (κ1) is 24.3. The lowest BCUT2D eigenvalue weighted by Crippen LogP contribution is -2.47. The van der Waals surface area contributed by atoms with Crippen molar-refractivity contribution in [2.75, 3.05) is 23.7 Å². The molecule has 0 aromatic heterocycles. The molecule has 1 aliphatic heterocycles. The number of aryl methyl sites for hydroxylation is 2. The summed E-state index contributed by atoms with van der Waals surface area (Å²) >= 11 is 0. The Hall–Kier alpha value is -2.38. The third kappa shape index (κ3) is 6.11. The van der Waals surface area contributed by atoms with Gasteiger partial charge in [-0.1, -0.05) is 36.8 Å². The molecule has 7 heteroatoms. The molecule has 1 fully saturated rings. The van der Waals surface area contributed by atoms with E-state index in [2.05, 4.69) is 16.3 Å². The second-order valence-corrected chi connectivity index (χ2v) is 10.7. The van der Waals surface area contributed by atoms with E-state index in [0.29, 0.717) is 12.2 Å². The highest BCUT2D eigenvalue weighted by Crippen LogP contribution is 2.24. The summed E-state index contributed by atoms with van der Waals surface area (Å²) in [4.78, 5) is 15.5. The number of amides is 1. The van der Waals surface area contributed by atoms with Gasteiger partial charge in [-0.25, -0.2) is 8.42 Å². The van der Waals surface area contributed by atoms with Crippen molar-refractivity contribution in [1.29, 1.82) is 0 Å². The Kier molecular flexibility index (Phi) is 7.96. The zero-order valence-electron chi connectivity index (χ0n) is 19.6. The van der Waals surface area contributed by atoms with Gasteiger partial charge in [-0.3, -0.25) is 14.0 Å². The first-order valence-electron chi connectivity index (χ1n) is 11.3. The maximum absolute atomic E-state index is 13.0. The van der Waals surface area contributed by atoms with Gasteiger partial charge in [0.1, 0.15) is 6.04 Å². The fourth-order valence-electron chi connectivity index (χ4n) is 4.24. The van der Waals surface area contributed by atoms with Crippen LogP contribution in [0.25, 0.3) is 0 Å². The molecule has 6 nitrogen and oxygen atoms in total. The summed E-state index contributed by atoms with van der Waals surface area (Å²) in [5, 5.41) is 2.96. The summed E-state index contributed by atoms with van der Waals surface area (Å²) in [5.41, 5.74) is 4.83. The number of nitrogens with one attached hydrogen (secondary N) is 1. The van der Waals surface area contributed by atoms with Crippen molar-refractivity contribution in [3.05, 3.63) is 64.7 Å². The third-order valence-electron chi connectivity index (χ3n) is 6.25. The third-order valence-corrected chi connectivity index (χ3v) is 7.49. The molecule has 1 saturated heterocycles. The van der Waals surface area contributed by atoms with Crippen LogP contribution >= 0.6 is 0 Å². The number of carbonyl (C=O) groups is 1. The van der Waals surface area contributed by atoms with Crippen molar-refractivity contribution >= 4 is 21.6 Å². The molecule has 1 amide bonds. The molecule has 1 aliphatic rings. The Morgan fingerprint density at radius 2 is 1.69 bits per heavy atom. The second-order valence-electron chi connectivity index (χ2n) is 8.83. The molecule has 1 unspecified atom stereocenters. The molecule has 0 spiro atoms. The van der Waals surface area contributed by atoms with Crippen molar-refractivity contribution in [3.8, 4) is 0 Å². The quantitative estimate of drug-likeness (QED) is 0.655. The second kappa shape index (κ2) is 10.5. The minimum absolute atomic E-state index is 0.318. The van der Waals surface area contributed by atoms with Crippen LogP contribution in [0.5, 0.6) is 0 Å². The average Bonchev–Trinajstić information content (AvgIpc) is 2.75. The number of likely N-dealkylation sites (tertiary alicyclic amines) is 1. The van der Waals surface area contributed by atoms with Crippen molar-refractivity contribution < 1.29 is 13.2 Å². The number of hydrogen-bond acceptors (Lipinski definition) is 4. The monoisotopic (exact) mass is 457 g/mol. The van der Waals surface area contributed by atoms with Crippen LogP contribution in [-0.2, 0) is 27.9 Å². The highest BCUT2D eigenvalue weighted by molar-refractivity contribution is 7.92. The van der Waals surface area contributed by atoms with Gasteiger partial charge in [0.2, 0.25) is 15.9 Å². The largest absolute Gasteiger partial charge is 0.350 e. The van der Waals surface area contributed by atoms with E-state index in [1.165, 1.54) is 29.1 Å². The molecule has 1 atom stereocenters. The molecule has 1 N–H and O–H groups in total. The van der Waals surface area contributed by atoms with E-state index in [9.17, 15) is 13.2 Å². The van der Waals surface area contributed by atoms with Crippen LogP contribution in [0.3, 0.4) is 0 Å². The maximum atomic E-state index is 13.0. The van der Waals surface area contributed by atoms with E-state index in [4.69, 9.17) is 0 Å². The summed E-state index contributed by atoms with van der Waals surface area (Å²) in [5.74, 6) is -0.318. The highest BCUT2D eigenvalue weighted by Gasteiger charge is 2.29. The van der Waals surface area contributed by atoms with Crippen LogP contribution in [0.2, 0.25) is 0 Å². The van der Waals surface area contributed by atoms with E-state index >= 15 is 0 Å². The summed E-state index contributed by atoms with van der Waals surface area (Å²) < 4.78 is 26.3. The smallest absolute Gasteiger partial charge is 0.243 e. The minimum atomic E-state index is -3.64. The van der Waals surface area contributed by atoms with Gasteiger partial charge in [-0.05, 0) is 81.1 Å². The van der Waals surface area contributed by atoms with Crippen molar-refractivity contribution in [3.63, 3.8) is 0 Å². The molecule has 2 aromatic rings.